The van der Waals surface area contributed by atoms with Gasteiger partial charge in [-0.3, -0.25) is 0 Å². The van der Waals surface area contributed by atoms with Crippen LogP contribution in [0.5, 0.6) is 0 Å². The standard InChI is InChI=1S/C12H6F4O2S/c13-8-6-9(14)11(16)12(10(8)15)19(17,18)7-4-2-1-3-5-7/h1-6H. The summed E-state index contributed by atoms with van der Waals surface area (Å²) < 4.78 is 76.9. The molecule has 2 aromatic carbocycles. The summed E-state index contributed by atoms with van der Waals surface area (Å²) in [6.07, 6.45) is 0. The van der Waals surface area contributed by atoms with Gasteiger partial charge in [-0.05, 0) is 12.1 Å². The molecule has 7 heteroatoms. The fourth-order valence-corrected chi connectivity index (χ4v) is 2.92. The molecule has 0 aromatic heterocycles. The van der Waals surface area contributed by atoms with E-state index in [-0.39, 0.29) is 6.07 Å². The van der Waals surface area contributed by atoms with Crippen molar-refractivity contribution in [2.75, 3.05) is 0 Å². The number of rotatable bonds is 2. The lowest BCUT2D eigenvalue weighted by Gasteiger charge is -2.08. The average molecular weight is 290 g/mol. The number of hydrogen-bond donors (Lipinski definition) is 0. The van der Waals surface area contributed by atoms with E-state index >= 15 is 0 Å². The van der Waals surface area contributed by atoms with Crippen LogP contribution in [-0.4, -0.2) is 8.42 Å². The Morgan fingerprint density at radius 3 is 1.74 bits per heavy atom. The molecule has 0 unspecified atom stereocenters. The third-order valence-electron chi connectivity index (χ3n) is 2.39. The van der Waals surface area contributed by atoms with Gasteiger partial charge in [-0.15, -0.1) is 0 Å². The molecule has 0 aliphatic carbocycles. The zero-order valence-electron chi connectivity index (χ0n) is 9.20. The van der Waals surface area contributed by atoms with Crippen molar-refractivity contribution in [2.45, 2.75) is 9.79 Å². The highest BCUT2D eigenvalue weighted by Gasteiger charge is 2.30. The molecule has 0 saturated carbocycles. The van der Waals surface area contributed by atoms with Crippen LogP contribution in [0.1, 0.15) is 0 Å². The molecule has 0 aliphatic heterocycles. The molecule has 0 aliphatic rings. The molecule has 0 radical (unpaired) electrons. The van der Waals surface area contributed by atoms with Gasteiger partial charge in [0.1, 0.15) is 4.90 Å². The summed E-state index contributed by atoms with van der Waals surface area (Å²) >= 11 is 0. The highest BCUT2D eigenvalue weighted by Crippen LogP contribution is 2.28. The van der Waals surface area contributed by atoms with Gasteiger partial charge in [-0.2, -0.15) is 0 Å². The first-order valence-corrected chi connectivity index (χ1v) is 6.47. The van der Waals surface area contributed by atoms with E-state index in [0.29, 0.717) is 0 Å². The van der Waals surface area contributed by atoms with Gasteiger partial charge in [0.2, 0.25) is 9.84 Å². The number of sulfone groups is 1. The molecule has 0 spiro atoms. The van der Waals surface area contributed by atoms with Crippen molar-refractivity contribution in [1.82, 2.24) is 0 Å². The maximum atomic E-state index is 13.5. The smallest absolute Gasteiger partial charge is 0.212 e. The lowest BCUT2D eigenvalue weighted by molar-refractivity contribution is 0.419. The molecule has 2 nitrogen and oxygen atoms in total. The minimum absolute atomic E-state index is 0.0469. The Labute approximate surface area is 106 Å². The van der Waals surface area contributed by atoms with Crippen molar-refractivity contribution in [3.8, 4) is 0 Å². The Balaban J connectivity index is 2.80. The molecule has 0 fully saturated rings. The first-order valence-electron chi connectivity index (χ1n) is 4.99. The van der Waals surface area contributed by atoms with Gasteiger partial charge in [0.15, 0.2) is 23.3 Å². The lowest BCUT2D eigenvalue weighted by Crippen LogP contribution is -2.10. The summed E-state index contributed by atoms with van der Waals surface area (Å²) in [5.41, 5.74) is 0. The predicted octanol–water partition coefficient (Wildman–Crippen LogP) is 3.08. The van der Waals surface area contributed by atoms with E-state index < -0.39 is 42.9 Å². The Morgan fingerprint density at radius 2 is 1.26 bits per heavy atom. The van der Waals surface area contributed by atoms with Crippen LogP contribution in [0, 0.1) is 23.3 Å². The van der Waals surface area contributed by atoms with E-state index in [4.69, 9.17) is 0 Å². The Kier molecular flexibility index (Phi) is 3.32. The van der Waals surface area contributed by atoms with Gasteiger partial charge in [-0.1, -0.05) is 18.2 Å². The third-order valence-corrected chi connectivity index (χ3v) is 4.18. The Morgan fingerprint density at radius 1 is 0.789 bits per heavy atom. The molecule has 0 amide bonds. The maximum Gasteiger partial charge on any atom is 0.212 e. The third kappa shape index (κ3) is 2.21. The first kappa shape index (κ1) is 13.5. The van der Waals surface area contributed by atoms with Gasteiger partial charge < -0.3 is 0 Å². The van der Waals surface area contributed by atoms with Gasteiger partial charge in [0, 0.05) is 6.07 Å². The minimum atomic E-state index is -4.68. The first-order chi connectivity index (χ1) is 8.85. The van der Waals surface area contributed by atoms with E-state index in [1.54, 1.807) is 0 Å². The minimum Gasteiger partial charge on any atom is -0.218 e. The molecule has 2 rings (SSSR count). The van der Waals surface area contributed by atoms with Crippen molar-refractivity contribution < 1.29 is 26.0 Å². The molecule has 0 atom stereocenters. The van der Waals surface area contributed by atoms with Crippen LogP contribution in [0.2, 0.25) is 0 Å². The lowest BCUT2D eigenvalue weighted by atomic mass is 10.3. The zero-order valence-corrected chi connectivity index (χ0v) is 10.0. The van der Waals surface area contributed by atoms with Gasteiger partial charge in [0.05, 0.1) is 4.90 Å². The predicted molar refractivity (Wildman–Crippen MR) is 58.2 cm³/mol. The monoisotopic (exact) mass is 290 g/mol. The molecule has 0 bridgehead atoms. The van der Waals surface area contributed by atoms with E-state index in [9.17, 15) is 26.0 Å². The molecule has 2 aromatic rings. The molecule has 0 saturated heterocycles. The van der Waals surface area contributed by atoms with Crippen LogP contribution >= 0.6 is 0 Å². The van der Waals surface area contributed by atoms with E-state index in [0.717, 1.165) is 12.1 Å². The zero-order chi connectivity index (χ0) is 14.2. The quantitative estimate of drug-likeness (QED) is 0.629. The van der Waals surface area contributed by atoms with Crippen molar-refractivity contribution >= 4 is 9.84 Å². The maximum absolute atomic E-state index is 13.5. The fourth-order valence-electron chi connectivity index (χ4n) is 1.50. The van der Waals surface area contributed by atoms with Crippen LogP contribution in [0.25, 0.3) is 0 Å². The molecule has 0 heterocycles. The summed E-state index contributed by atoms with van der Waals surface area (Å²) in [5.74, 6) is -7.42. The largest absolute Gasteiger partial charge is 0.218 e. The molecular weight excluding hydrogens is 284 g/mol. The Bertz CT molecular complexity index is 701. The van der Waals surface area contributed by atoms with Crippen LogP contribution < -0.4 is 0 Å². The van der Waals surface area contributed by atoms with Crippen molar-refractivity contribution in [2.24, 2.45) is 0 Å². The van der Waals surface area contributed by atoms with Crippen molar-refractivity contribution in [3.63, 3.8) is 0 Å². The second kappa shape index (κ2) is 4.65. The topological polar surface area (TPSA) is 34.1 Å². The van der Waals surface area contributed by atoms with Crippen LogP contribution in [0.15, 0.2) is 46.2 Å². The van der Waals surface area contributed by atoms with Crippen LogP contribution in [0.4, 0.5) is 17.6 Å². The second-order valence-electron chi connectivity index (χ2n) is 3.61. The van der Waals surface area contributed by atoms with Crippen molar-refractivity contribution in [3.05, 3.63) is 59.7 Å². The van der Waals surface area contributed by atoms with E-state index in [2.05, 4.69) is 0 Å². The number of halogens is 4. The van der Waals surface area contributed by atoms with Gasteiger partial charge >= 0.3 is 0 Å². The summed E-state index contributed by atoms with van der Waals surface area (Å²) in [6, 6.07) is 6.21. The summed E-state index contributed by atoms with van der Waals surface area (Å²) in [7, 11) is -4.68. The number of benzene rings is 2. The molecule has 0 N–H and O–H groups in total. The summed E-state index contributed by atoms with van der Waals surface area (Å²) in [4.78, 5) is -2.09. The van der Waals surface area contributed by atoms with E-state index in [1.807, 2.05) is 0 Å². The van der Waals surface area contributed by atoms with Crippen LogP contribution in [0.3, 0.4) is 0 Å². The summed E-state index contributed by atoms with van der Waals surface area (Å²) in [6.45, 7) is 0. The van der Waals surface area contributed by atoms with Gasteiger partial charge in [0.25, 0.3) is 0 Å². The molecular formula is C12H6F4O2S. The van der Waals surface area contributed by atoms with Crippen molar-refractivity contribution in [1.29, 1.82) is 0 Å². The highest BCUT2D eigenvalue weighted by atomic mass is 32.2. The molecule has 100 valence electrons. The SMILES string of the molecule is O=S(=O)(c1ccccc1)c1c(F)c(F)cc(F)c1F. The fraction of sp³-hybridized carbons (Fsp3) is 0. The molecule has 19 heavy (non-hydrogen) atoms. The average Bonchev–Trinajstić information content (AvgIpc) is 2.37. The second-order valence-corrected chi connectivity index (χ2v) is 5.50. The highest BCUT2D eigenvalue weighted by molar-refractivity contribution is 7.91. The Hall–Kier alpha value is -1.89. The van der Waals surface area contributed by atoms with Gasteiger partial charge in [-0.25, -0.2) is 26.0 Å². The van der Waals surface area contributed by atoms with E-state index in [1.165, 1.54) is 18.2 Å². The summed E-state index contributed by atoms with van der Waals surface area (Å²) in [5, 5.41) is 0. The van der Waals surface area contributed by atoms with Crippen LogP contribution in [-0.2, 0) is 9.84 Å². The number of hydrogen-bond acceptors (Lipinski definition) is 2. The normalized spacial score (nSPS) is 11.6.